The summed E-state index contributed by atoms with van der Waals surface area (Å²) in [6.45, 7) is 2.86. The van der Waals surface area contributed by atoms with Gasteiger partial charge in [0.15, 0.2) is 0 Å². The normalized spacial score (nSPS) is 12.2. The lowest BCUT2D eigenvalue weighted by Crippen LogP contribution is -2.04. The van der Waals surface area contributed by atoms with Gasteiger partial charge in [-0.3, -0.25) is 0 Å². The standard InChI is InChI=1S/C10H12FN3O/c1-5(12)9(6(2)15)7-3-4-8(13)14-10(7)11/h3-4,12,15H,1-2H3,(H2,13,14)/b9-6+,12-5?. The van der Waals surface area contributed by atoms with Crippen molar-refractivity contribution < 1.29 is 9.50 Å². The van der Waals surface area contributed by atoms with Gasteiger partial charge in [-0.25, -0.2) is 4.98 Å². The number of aromatic nitrogens is 1. The van der Waals surface area contributed by atoms with Crippen LogP contribution in [0.3, 0.4) is 0 Å². The third-order valence-electron chi connectivity index (χ3n) is 1.88. The first kappa shape index (κ1) is 11.2. The second-order valence-electron chi connectivity index (χ2n) is 3.16. The van der Waals surface area contributed by atoms with Crippen LogP contribution < -0.4 is 5.73 Å². The number of aliphatic hydroxyl groups is 1. The molecule has 1 heterocycles. The molecule has 1 aromatic heterocycles. The lowest BCUT2D eigenvalue weighted by atomic mass is 10.0. The van der Waals surface area contributed by atoms with Gasteiger partial charge < -0.3 is 16.2 Å². The Labute approximate surface area is 86.8 Å². The number of hydrogen-bond donors (Lipinski definition) is 3. The van der Waals surface area contributed by atoms with E-state index < -0.39 is 5.95 Å². The summed E-state index contributed by atoms with van der Waals surface area (Å²) in [6, 6.07) is 2.81. The Kier molecular flexibility index (Phi) is 3.04. The highest BCUT2D eigenvalue weighted by molar-refractivity contribution is 6.21. The number of nitrogens with zero attached hydrogens (tertiary/aromatic N) is 1. The fraction of sp³-hybridized carbons (Fsp3) is 0.200. The smallest absolute Gasteiger partial charge is 0.222 e. The summed E-state index contributed by atoms with van der Waals surface area (Å²) in [4.78, 5) is 3.43. The van der Waals surface area contributed by atoms with Crippen molar-refractivity contribution in [2.24, 2.45) is 0 Å². The molecule has 0 radical (unpaired) electrons. The van der Waals surface area contributed by atoms with E-state index in [0.29, 0.717) is 0 Å². The van der Waals surface area contributed by atoms with Gasteiger partial charge in [0.2, 0.25) is 5.95 Å². The minimum atomic E-state index is -0.787. The predicted octanol–water partition coefficient (Wildman–Crippen LogP) is 2.13. The maximum absolute atomic E-state index is 13.4. The molecule has 1 aromatic rings. The van der Waals surface area contributed by atoms with Gasteiger partial charge in [0.25, 0.3) is 0 Å². The van der Waals surface area contributed by atoms with Crippen LogP contribution in [-0.2, 0) is 0 Å². The summed E-state index contributed by atoms with van der Waals surface area (Å²) in [7, 11) is 0. The Hall–Kier alpha value is -1.91. The van der Waals surface area contributed by atoms with E-state index in [4.69, 9.17) is 11.1 Å². The number of nitrogens with one attached hydrogen (secondary N) is 1. The molecule has 0 amide bonds. The highest BCUT2D eigenvalue weighted by atomic mass is 19.1. The fourth-order valence-corrected chi connectivity index (χ4v) is 1.30. The van der Waals surface area contributed by atoms with Crippen molar-refractivity contribution in [3.8, 4) is 0 Å². The molecule has 0 saturated carbocycles. The SMILES string of the molecule is CC(=N)/C(=C(/C)O)c1ccc(N)nc1F. The molecule has 0 saturated heterocycles. The van der Waals surface area contributed by atoms with Crippen LogP contribution in [0.2, 0.25) is 0 Å². The van der Waals surface area contributed by atoms with Crippen molar-refractivity contribution in [3.05, 3.63) is 29.4 Å². The summed E-state index contributed by atoms with van der Waals surface area (Å²) >= 11 is 0. The molecule has 0 aliphatic heterocycles. The van der Waals surface area contributed by atoms with E-state index in [2.05, 4.69) is 4.98 Å². The summed E-state index contributed by atoms with van der Waals surface area (Å²) < 4.78 is 13.4. The minimum absolute atomic E-state index is 0.0637. The molecule has 80 valence electrons. The average molecular weight is 209 g/mol. The highest BCUT2D eigenvalue weighted by Gasteiger charge is 2.14. The van der Waals surface area contributed by atoms with Crippen LogP contribution in [-0.4, -0.2) is 15.8 Å². The lowest BCUT2D eigenvalue weighted by molar-refractivity contribution is 0.417. The lowest BCUT2D eigenvalue weighted by Gasteiger charge is -2.08. The molecule has 0 aliphatic carbocycles. The number of anilines is 1. The third-order valence-corrected chi connectivity index (χ3v) is 1.88. The van der Waals surface area contributed by atoms with Crippen LogP contribution in [0.4, 0.5) is 10.2 Å². The van der Waals surface area contributed by atoms with Gasteiger partial charge in [0, 0.05) is 16.8 Å². The molecule has 0 aromatic carbocycles. The van der Waals surface area contributed by atoms with Crippen LogP contribution in [0.25, 0.3) is 5.57 Å². The van der Waals surface area contributed by atoms with E-state index in [1.165, 1.54) is 26.0 Å². The first-order chi connectivity index (χ1) is 6.93. The molecule has 1 rings (SSSR count). The van der Waals surface area contributed by atoms with Crippen molar-refractivity contribution in [2.75, 3.05) is 5.73 Å². The molecular weight excluding hydrogens is 197 g/mol. The number of nitrogens with two attached hydrogens (primary N) is 1. The monoisotopic (exact) mass is 209 g/mol. The van der Waals surface area contributed by atoms with E-state index in [-0.39, 0.29) is 28.4 Å². The Morgan fingerprint density at radius 2 is 2.07 bits per heavy atom. The summed E-state index contributed by atoms with van der Waals surface area (Å²) in [5.74, 6) is -0.841. The zero-order valence-corrected chi connectivity index (χ0v) is 8.50. The fourth-order valence-electron chi connectivity index (χ4n) is 1.30. The number of hydrogen-bond acceptors (Lipinski definition) is 4. The third kappa shape index (κ3) is 2.31. The number of aliphatic hydroxyl groups excluding tert-OH is 1. The second kappa shape index (κ2) is 4.08. The predicted molar refractivity (Wildman–Crippen MR) is 57.2 cm³/mol. The molecule has 0 aliphatic rings. The van der Waals surface area contributed by atoms with Crippen molar-refractivity contribution in [3.63, 3.8) is 0 Å². The van der Waals surface area contributed by atoms with E-state index in [1.807, 2.05) is 0 Å². The molecule has 0 fully saturated rings. The molecule has 4 N–H and O–H groups in total. The minimum Gasteiger partial charge on any atom is -0.512 e. The molecule has 0 bridgehead atoms. The molecule has 0 atom stereocenters. The average Bonchev–Trinajstić information content (AvgIpc) is 2.08. The first-order valence-corrected chi connectivity index (χ1v) is 4.31. The van der Waals surface area contributed by atoms with E-state index in [0.717, 1.165) is 0 Å². The summed E-state index contributed by atoms with van der Waals surface area (Å²) in [5.41, 5.74) is 5.59. The van der Waals surface area contributed by atoms with Gasteiger partial charge in [-0.1, -0.05) is 0 Å². The number of nitrogen functional groups attached to an aromatic ring is 1. The van der Waals surface area contributed by atoms with Crippen molar-refractivity contribution in [1.29, 1.82) is 5.41 Å². The molecule has 15 heavy (non-hydrogen) atoms. The molecule has 5 heteroatoms. The summed E-state index contributed by atoms with van der Waals surface area (Å²) in [5, 5.41) is 16.8. The van der Waals surface area contributed by atoms with E-state index in [1.54, 1.807) is 0 Å². The Balaban J connectivity index is 3.38. The van der Waals surface area contributed by atoms with Gasteiger partial charge in [0.1, 0.15) is 5.82 Å². The van der Waals surface area contributed by atoms with Crippen molar-refractivity contribution in [1.82, 2.24) is 4.98 Å². The highest BCUT2D eigenvalue weighted by Crippen LogP contribution is 2.21. The van der Waals surface area contributed by atoms with Crippen LogP contribution in [0.1, 0.15) is 19.4 Å². The zero-order chi connectivity index (χ0) is 11.6. The largest absolute Gasteiger partial charge is 0.512 e. The molecule has 0 spiro atoms. The molecular formula is C10H12FN3O. The second-order valence-corrected chi connectivity index (χ2v) is 3.16. The zero-order valence-electron chi connectivity index (χ0n) is 8.50. The van der Waals surface area contributed by atoms with Crippen LogP contribution in [0.5, 0.6) is 0 Å². The van der Waals surface area contributed by atoms with Gasteiger partial charge in [-0.15, -0.1) is 0 Å². The number of halogens is 1. The topological polar surface area (TPSA) is 83.0 Å². The first-order valence-electron chi connectivity index (χ1n) is 4.31. The number of allylic oxidation sites excluding steroid dienone is 2. The Morgan fingerprint density at radius 1 is 1.47 bits per heavy atom. The maximum atomic E-state index is 13.4. The molecule has 0 unspecified atom stereocenters. The van der Waals surface area contributed by atoms with Crippen LogP contribution >= 0.6 is 0 Å². The Bertz CT molecular complexity index is 436. The quantitative estimate of drug-likeness (QED) is 0.396. The van der Waals surface area contributed by atoms with Gasteiger partial charge in [0.05, 0.1) is 5.76 Å². The van der Waals surface area contributed by atoms with E-state index in [9.17, 15) is 9.50 Å². The number of rotatable bonds is 2. The van der Waals surface area contributed by atoms with Gasteiger partial charge in [-0.05, 0) is 26.0 Å². The van der Waals surface area contributed by atoms with Crippen molar-refractivity contribution >= 4 is 17.1 Å². The summed E-state index contributed by atoms with van der Waals surface area (Å²) in [6.07, 6.45) is 0. The van der Waals surface area contributed by atoms with Crippen LogP contribution in [0.15, 0.2) is 17.9 Å². The molecule has 4 nitrogen and oxygen atoms in total. The van der Waals surface area contributed by atoms with Gasteiger partial charge in [-0.2, -0.15) is 4.39 Å². The van der Waals surface area contributed by atoms with E-state index >= 15 is 0 Å². The number of pyridine rings is 1. The van der Waals surface area contributed by atoms with Gasteiger partial charge >= 0.3 is 0 Å². The van der Waals surface area contributed by atoms with Crippen molar-refractivity contribution in [2.45, 2.75) is 13.8 Å². The Morgan fingerprint density at radius 3 is 2.47 bits per heavy atom. The maximum Gasteiger partial charge on any atom is 0.222 e. The van der Waals surface area contributed by atoms with Crippen LogP contribution in [0, 0.1) is 11.4 Å².